The highest BCUT2D eigenvalue weighted by molar-refractivity contribution is 7.13. The van der Waals surface area contributed by atoms with Crippen molar-refractivity contribution in [2.45, 2.75) is 25.8 Å². The Balaban J connectivity index is 1.72. The number of aryl methyl sites for hydroxylation is 1. The molecule has 3 N–H and O–H groups in total. The van der Waals surface area contributed by atoms with Gasteiger partial charge < -0.3 is 16.0 Å². The van der Waals surface area contributed by atoms with Crippen molar-refractivity contribution in [3.8, 4) is 0 Å². The van der Waals surface area contributed by atoms with Gasteiger partial charge in [-0.25, -0.2) is 0 Å². The van der Waals surface area contributed by atoms with Gasteiger partial charge in [0.15, 0.2) is 0 Å². The number of nitrogens with one attached hydrogen (secondary N) is 3. The third-order valence-corrected chi connectivity index (χ3v) is 4.00. The molecule has 2 heterocycles. The van der Waals surface area contributed by atoms with Gasteiger partial charge >= 0.3 is 0 Å². The Kier molecular flexibility index (Phi) is 4.73. The lowest BCUT2D eigenvalue weighted by atomic mass is 10.1. The van der Waals surface area contributed by atoms with Gasteiger partial charge in [0.1, 0.15) is 0 Å². The van der Waals surface area contributed by atoms with Crippen molar-refractivity contribution in [2.24, 2.45) is 0 Å². The molecule has 1 aliphatic heterocycles. The van der Waals surface area contributed by atoms with Gasteiger partial charge in [0, 0.05) is 23.9 Å². The molecule has 1 aliphatic rings. The molecule has 3 amide bonds. The summed E-state index contributed by atoms with van der Waals surface area (Å²) < 4.78 is 0. The molecule has 1 saturated heterocycles. The number of carbonyl (C=O) groups excluding carboxylic acids is 3. The predicted octanol–water partition coefficient (Wildman–Crippen LogP) is 0.181. The van der Waals surface area contributed by atoms with Crippen LogP contribution in [0.2, 0.25) is 0 Å². The Morgan fingerprint density at radius 2 is 2.25 bits per heavy atom. The van der Waals surface area contributed by atoms with Gasteiger partial charge in [-0.05, 0) is 25.5 Å². The number of rotatable bonds is 4. The molecule has 0 saturated carbocycles. The number of amides is 3. The Morgan fingerprint density at radius 3 is 2.85 bits per heavy atom. The molecular weight excluding hydrogens is 278 g/mol. The molecule has 1 atom stereocenters. The SMILES string of the molecule is Cc1ccc(C(=O)NCC(=O)NC2CCC(=O)NC2)s1. The fourth-order valence-corrected chi connectivity index (χ4v) is 2.72. The van der Waals surface area contributed by atoms with E-state index >= 15 is 0 Å². The van der Waals surface area contributed by atoms with E-state index in [1.54, 1.807) is 6.07 Å². The molecule has 2 rings (SSSR count). The van der Waals surface area contributed by atoms with Crippen LogP contribution in [0.15, 0.2) is 12.1 Å². The molecule has 0 bridgehead atoms. The van der Waals surface area contributed by atoms with E-state index in [1.165, 1.54) is 11.3 Å². The highest BCUT2D eigenvalue weighted by Gasteiger charge is 2.19. The molecule has 0 aliphatic carbocycles. The van der Waals surface area contributed by atoms with Crippen molar-refractivity contribution in [2.75, 3.05) is 13.1 Å². The minimum atomic E-state index is -0.243. The van der Waals surface area contributed by atoms with Crippen molar-refractivity contribution < 1.29 is 14.4 Å². The Labute approximate surface area is 120 Å². The van der Waals surface area contributed by atoms with Gasteiger partial charge in [-0.2, -0.15) is 0 Å². The second kappa shape index (κ2) is 6.51. The average molecular weight is 295 g/mol. The van der Waals surface area contributed by atoms with Gasteiger partial charge in [0.05, 0.1) is 11.4 Å². The maximum atomic E-state index is 11.8. The van der Waals surface area contributed by atoms with Crippen molar-refractivity contribution in [1.82, 2.24) is 16.0 Å². The zero-order valence-corrected chi connectivity index (χ0v) is 12.0. The molecule has 0 radical (unpaired) electrons. The second-order valence-electron chi connectivity index (χ2n) is 4.70. The minimum Gasteiger partial charge on any atom is -0.354 e. The smallest absolute Gasteiger partial charge is 0.261 e. The van der Waals surface area contributed by atoms with Crippen molar-refractivity contribution in [3.63, 3.8) is 0 Å². The zero-order valence-electron chi connectivity index (χ0n) is 11.2. The normalized spacial score (nSPS) is 18.2. The van der Waals surface area contributed by atoms with Crippen LogP contribution in [0, 0.1) is 6.92 Å². The fraction of sp³-hybridized carbons (Fsp3) is 0.462. The highest BCUT2D eigenvalue weighted by Crippen LogP contribution is 2.14. The third kappa shape index (κ3) is 4.06. The molecule has 0 aromatic carbocycles. The second-order valence-corrected chi connectivity index (χ2v) is 5.99. The van der Waals surface area contributed by atoms with E-state index in [2.05, 4.69) is 16.0 Å². The summed E-state index contributed by atoms with van der Waals surface area (Å²) >= 11 is 1.39. The molecule has 1 aromatic heterocycles. The maximum absolute atomic E-state index is 11.8. The lowest BCUT2D eigenvalue weighted by Gasteiger charge is -2.23. The van der Waals surface area contributed by atoms with E-state index in [1.807, 2.05) is 13.0 Å². The summed E-state index contributed by atoms with van der Waals surface area (Å²) in [6.07, 6.45) is 1.06. The van der Waals surface area contributed by atoms with Gasteiger partial charge in [-0.3, -0.25) is 14.4 Å². The molecule has 7 heteroatoms. The lowest BCUT2D eigenvalue weighted by Crippen LogP contribution is -2.50. The lowest BCUT2D eigenvalue weighted by molar-refractivity contribution is -0.125. The van der Waals surface area contributed by atoms with Crippen LogP contribution in [0.1, 0.15) is 27.4 Å². The first-order valence-electron chi connectivity index (χ1n) is 6.45. The van der Waals surface area contributed by atoms with Crippen LogP contribution >= 0.6 is 11.3 Å². The molecule has 0 spiro atoms. The van der Waals surface area contributed by atoms with E-state index in [4.69, 9.17) is 0 Å². The summed E-state index contributed by atoms with van der Waals surface area (Å²) in [6, 6.07) is 3.55. The summed E-state index contributed by atoms with van der Waals surface area (Å²) in [6.45, 7) is 2.31. The standard InChI is InChI=1S/C13H17N3O3S/c1-8-2-4-10(20-8)13(19)15-7-12(18)16-9-3-5-11(17)14-6-9/h2,4,9H,3,5-7H2,1H3,(H,14,17)(H,15,19)(H,16,18). The monoisotopic (exact) mass is 295 g/mol. The van der Waals surface area contributed by atoms with Crippen LogP contribution in [0.3, 0.4) is 0 Å². The molecule has 20 heavy (non-hydrogen) atoms. The van der Waals surface area contributed by atoms with Crippen LogP contribution in [0.25, 0.3) is 0 Å². The maximum Gasteiger partial charge on any atom is 0.261 e. The largest absolute Gasteiger partial charge is 0.354 e. The van der Waals surface area contributed by atoms with Crippen molar-refractivity contribution in [1.29, 1.82) is 0 Å². The van der Waals surface area contributed by atoms with Gasteiger partial charge in [-0.15, -0.1) is 11.3 Å². The fourth-order valence-electron chi connectivity index (χ4n) is 1.94. The minimum absolute atomic E-state index is 0.0110. The van der Waals surface area contributed by atoms with Crippen LogP contribution < -0.4 is 16.0 Å². The molecule has 1 fully saturated rings. The first kappa shape index (κ1) is 14.5. The summed E-state index contributed by atoms with van der Waals surface area (Å²) in [5.74, 6) is -0.472. The van der Waals surface area contributed by atoms with Crippen molar-refractivity contribution >= 4 is 29.1 Å². The number of carbonyl (C=O) groups is 3. The van der Waals surface area contributed by atoms with E-state index < -0.39 is 0 Å². The summed E-state index contributed by atoms with van der Waals surface area (Å²) in [5, 5.41) is 8.06. The van der Waals surface area contributed by atoms with Crippen LogP contribution in [0.4, 0.5) is 0 Å². The number of hydrogen-bond acceptors (Lipinski definition) is 4. The zero-order chi connectivity index (χ0) is 14.5. The molecule has 1 aromatic rings. The van der Waals surface area contributed by atoms with E-state index in [0.29, 0.717) is 24.3 Å². The van der Waals surface area contributed by atoms with Gasteiger partial charge in [0.25, 0.3) is 5.91 Å². The summed E-state index contributed by atoms with van der Waals surface area (Å²) in [7, 11) is 0. The average Bonchev–Trinajstić information content (AvgIpc) is 2.85. The predicted molar refractivity (Wildman–Crippen MR) is 75.6 cm³/mol. The van der Waals surface area contributed by atoms with Gasteiger partial charge in [0.2, 0.25) is 11.8 Å². The third-order valence-electron chi connectivity index (χ3n) is 3.00. The Bertz CT molecular complexity index is 517. The first-order valence-corrected chi connectivity index (χ1v) is 7.27. The summed E-state index contributed by atoms with van der Waals surface area (Å²) in [5.41, 5.74) is 0. The Hall–Kier alpha value is -1.89. The first-order chi connectivity index (χ1) is 9.54. The van der Waals surface area contributed by atoms with Gasteiger partial charge in [-0.1, -0.05) is 0 Å². The molecule has 6 nitrogen and oxygen atoms in total. The molecular formula is C13H17N3O3S. The quantitative estimate of drug-likeness (QED) is 0.740. The highest BCUT2D eigenvalue weighted by atomic mass is 32.1. The molecule has 108 valence electrons. The number of thiophene rings is 1. The Morgan fingerprint density at radius 1 is 1.45 bits per heavy atom. The topological polar surface area (TPSA) is 87.3 Å². The van der Waals surface area contributed by atoms with Crippen LogP contribution in [-0.4, -0.2) is 36.9 Å². The summed E-state index contributed by atoms with van der Waals surface area (Å²) in [4.78, 5) is 36.1. The van der Waals surface area contributed by atoms with Crippen LogP contribution in [0.5, 0.6) is 0 Å². The number of piperidine rings is 1. The number of hydrogen-bond donors (Lipinski definition) is 3. The van der Waals surface area contributed by atoms with E-state index in [-0.39, 0.29) is 30.3 Å². The molecule has 1 unspecified atom stereocenters. The van der Waals surface area contributed by atoms with Crippen LogP contribution in [-0.2, 0) is 9.59 Å². The van der Waals surface area contributed by atoms with Crippen molar-refractivity contribution in [3.05, 3.63) is 21.9 Å². The van der Waals surface area contributed by atoms with E-state index in [9.17, 15) is 14.4 Å². The van der Waals surface area contributed by atoms with E-state index in [0.717, 1.165) is 4.88 Å².